The van der Waals surface area contributed by atoms with Crippen LogP contribution >= 0.6 is 11.3 Å². The number of aromatic nitrogens is 4. The molecule has 0 fully saturated rings. The molecule has 0 aliphatic heterocycles. The molecule has 108 valence electrons. The molecular formula is C11H17N7OS. The highest BCUT2D eigenvalue weighted by molar-refractivity contribution is 7.11. The van der Waals surface area contributed by atoms with Gasteiger partial charge in [0.25, 0.3) is 0 Å². The average Bonchev–Trinajstić information content (AvgIpc) is 2.88. The first-order valence-electron chi connectivity index (χ1n) is 6.22. The molecule has 9 heteroatoms. The van der Waals surface area contributed by atoms with Crippen LogP contribution in [0, 0.1) is 6.92 Å². The van der Waals surface area contributed by atoms with Crippen molar-refractivity contribution in [1.29, 1.82) is 0 Å². The van der Waals surface area contributed by atoms with Crippen LogP contribution in [0.3, 0.4) is 0 Å². The molecule has 0 radical (unpaired) electrons. The highest BCUT2D eigenvalue weighted by Crippen LogP contribution is 2.15. The van der Waals surface area contributed by atoms with E-state index in [-0.39, 0.29) is 12.0 Å². The zero-order chi connectivity index (χ0) is 14.4. The molecule has 8 nitrogen and oxygen atoms in total. The Morgan fingerprint density at radius 2 is 2.10 bits per heavy atom. The normalized spacial score (nSPS) is 10.3. The molecular weight excluding hydrogens is 278 g/mol. The Hall–Kier alpha value is -2.00. The highest BCUT2D eigenvalue weighted by atomic mass is 32.1. The Balaban J connectivity index is 2.05. The second-order valence-electron chi connectivity index (χ2n) is 3.96. The predicted molar refractivity (Wildman–Crippen MR) is 77.6 cm³/mol. The summed E-state index contributed by atoms with van der Waals surface area (Å²) in [5.41, 5.74) is 2.39. The number of anilines is 2. The van der Waals surface area contributed by atoms with Gasteiger partial charge < -0.3 is 10.1 Å². The van der Waals surface area contributed by atoms with Gasteiger partial charge in [-0.05, 0) is 13.3 Å². The van der Waals surface area contributed by atoms with E-state index in [0.29, 0.717) is 19.1 Å². The van der Waals surface area contributed by atoms with E-state index in [1.165, 1.54) is 0 Å². The molecule has 0 aliphatic rings. The second kappa shape index (κ2) is 6.96. The summed E-state index contributed by atoms with van der Waals surface area (Å²) in [4.78, 5) is 17.6. The van der Waals surface area contributed by atoms with Gasteiger partial charge in [0, 0.05) is 11.1 Å². The number of nitrogen functional groups attached to an aromatic ring is 1. The standard InChI is InChI=1S/C11H17N7OS/c1-3-4-19-11-16-9(15-10(17-11)18-12)14-6-8-5-13-7(2)20-8/h5H,3-4,6,12H2,1-2H3,(H2,14,15,16,17,18). The van der Waals surface area contributed by atoms with Crippen molar-refractivity contribution >= 4 is 23.2 Å². The van der Waals surface area contributed by atoms with E-state index in [9.17, 15) is 0 Å². The van der Waals surface area contributed by atoms with Crippen molar-refractivity contribution in [1.82, 2.24) is 19.9 Å². The summed E-state index contributed by atoms with van der Waals surface area (Å²) >= 11 is 1.62. The van der Waals surface area contributed by atoms with Gasteiger partial charge in [0.05, 0.1) is 18.2 Å². The van der Waals surface area contributed by atoms with Gasteiger partial charge >= 0.3 is 6.01 Å². The van der Waals surface area contributed by atoms with Crippen molar-refractivity contribution in [2.24, 2.45) is 5.84 Å². The van der Waals surface area contributed by atoms with E-state index in [1.807, 2.05) is 20.0 Å². The fourth-order valence-electron chi connectivity index (χ4n) is 1.41. The monoisotopic (exact) mass is 295 g/mol. The molecule has 2 aromatic heterocycles. The van der Waals surface area contributed by atoms with Gasteiger partial charge in [-0.25, -0.2) is 10.8 Å². The smallest absolute Gasteiger partial charge is 0.323 e. The Bertz CT molecular complexity index is 559. The molecule has 0 bridgehead atoms. The van der Waals surface area contributed by atoms with Crippen molar-refractivity contribution in [3.8, 4) is 6.01 Å². The summed E-state index contributed by atoms with van der Waals surface area (Å²) in [6.07, 6.45) is 2.70. The summed E-state index contributed by atoms with van der Waals surface area (Å²) in [7, 11) is 0. The van der Waals surface area contributed by atoms with Crippen molar-refractivity contribution in [2.45, 2.75) is 26.8 Å². The zero-order valence-corrected chi connectivity index (χ0v) is 12.2. The lowest BCUT2D eigenvalue weighted by molar-refractivity contribution is 0.292. The van der Waals surface area contributed by atoms with Crippen LogP contribution in [0.5, 0.6) is 6.01 Å². The number of hydrazine groups is 1. The molecule has 2 aromatic rings. The lowest BCUT2D eigenvalue weighted by Gasteiger charge is -2.08. The van der Waals surface area contributed by atoms with E-state index >= 15 is 0 Å². The lowest BCUT2D eigenvalue weighted by Crippen LogP contribution is -2.14. The number of rotatable bonds is 7. The first-order chi connectivity index (χ1) is 9.71. The number of nitrogens with one attached hydrogen (secondary N) is 2. The van der Waals surface area contributed by atoms with E-state index < -0.39 is 0 Å². The van der Waals surface area contributed by atoms with Crippen molar-refractivity contribution in [3.63, 3.8) is 0 Å². The molecule has 0 saturated carbocycles. The molecule has 4 N–H and O–H groups in total. The van der Waals surface area contributed by atoms with Crippen LogP contribution in [0.1, 0.15) is 23.2 Å². The SMILES string of the molecule is CCCOc1nc(NN)nc(NCc2cnc(C)s2)n1. The van der Waals surface area contributed by atoms with E-state index in [0.717, 1.165) is 16.3 Å². The zero-order valence-electron chi connectivity index (χ0n) is 11.4. The van der Waals surface area contributed by atoms with Gasteiger partial charge in [-0.15, -0.1) is 11.3 Å². The molecule has 20 heavy (non-hydrogen) atoms. The second-order valence-corrected chi connectivity index (χ2v) is 5.28. The summed E-state index contributed by atoms with van der Waals surface area (Å²) in [5, 5.41) is 4.12. The number of nitrogens with zero attached hydrogens (tertiary/aromatic N) is 4. The maximum Gasteiger partial charge on any atom is 0.323 e. The van der Waals surface area contributed by atoms with Gasteiger partial charge in [-0.1, -0.05) is 6.92 Å². The minimum Gasteiger partial charge on any atom is -0.463 e. The van der Waals surface area contributed by atoms with Crippen LogP contribution in [-0.4, -0.2) is 26.5 Å². The minimum atomic E-state index is 0.248. The fourth-order valence-corrected chi connectivity index (χ4v) is 2.15. The number of hydrogen-bond acceptors (Lipinski definition) is 9. The van der Waals surface area contributed by atoms with Crippen molar-refractivity contribution < 1.29 is 4.74 Å². The molecule has 0 saturated heterocycles. The van der Waals surface area contributed by atoms with Gasteiger partial charge in [-0.3, -0.25) is 5.43 Å². The van der Waals surface area contributed by atoms with E-state index in [1.54, 1.807) is 11.3 Å². The van der Waals surface area contributed by atoms with Gasteiger partial charge in [0.1, 0.15) is 0 Å². The number of aryl methyl sites for hydroxylation is 1. The molecule has 0 aliphatic carbocycles. The van der Waals surface area contributed by atoms with E-state index in [2.05, 4.69) is 30.7 Å². The Labute approximate surface area is 120 Å². The average molecular weight is 295 g/mol. The Morgan fingerprint density at radius 1 is 1.30 bits per heavy atom. The maximum atomic E-state index is 5.39. The lowest BCUT2D eigenvalue weighted by atomic mass is 10.5. The van der Waals surface area contributed by atoms with Gasteiger partial charge in [-0.2, -0.15) is 15.0 Å². The third kappa shape index (κ3) is 4.00. The largest absolute Gasteiger partial charge is 0.463 e. The molecule has 2 rings (SSSR count). The molecule has 2 heterocycles. The van der Waals surface area contributed by atoms with Crippen LogP contribution in [0.2, 0.25) is 0 Å². The highest BCUT2D eigenvalue weighted by Gasteiger charge is 2.07. The number of nitrogens with two attached hydrogens (primary N) is 1. The Kier molecular flexibility index (Phi) is 5.02. The van der Waals surface area contributed by atoms with Gasteiger partial charge in [0.15, 0.2) is 0 Å². The number of thiazole rings is 1. The van der Waals surface area contributed by atoms with Crippen LogP contribution in [0.4, 0.5) is 11.9 Å². The molecule has 0 unspecified atom stereocenters. The quantitative estimate of drug-likeness (QED) is 0.518. The van der Waals surface area contributed by atoms with E-state index in [4.69, 9.17) is 10.6 Å². The van der Waals surface area contributed by atoms with Crippen molar-refractivity contribution in [2.75, 3.05) is 17.3 Å². The maximum absolute atomic E-state index is 5.39. The number of ether oxygens (including phenoxy) is 1. The predicted octanol–water partition coefficient (Wildman–Crippen LogP) is 1.32. The third-order valence-electron chi connectivity index (χ3n) is 2.27. The van der Waals surface area contributed by atoms with Crippen LogP contribution in [0.25, 0.3) is 0 Å². The minimum absolute atomic E-state index is 0.248. The summed E-state index contributed by atoms with van der Waals surface area (Å²) in [5.74, 6) is 6.00. The van der Waals surface area contributed by atoms with Gasteiger partial charge in [0.2, 0.25) is 11.9 Å². The molecule has 0 aromatic carbocycles. The van der Waals surface area contributed by atoms with Crippen LogP contribution < -0.4 is 21.3 Å². The first kappa shape index (κ1) is 14.4. The Morgan fingerprint density at radius 3 is 2.75 bits per heavy atom. The fraction of sp³-hybridized carbons (Fsp3) is 0.455. The topological polar surface area (TPSA) is 111 Å². The summed E-state index contributed by atoms with van der Waals surface area (Å²) < 4.78 is 5.39. The summed E-state index contributed by atoms with van der Waals surface area (Å²) in [6.45, 7) is 5.10. The van der Waals surface area contributed by atoms with Crippen LogP contribution in [-0.2, 0) is 6.54 Å². The third-order valence-corrected chi connectivity index (χ3v) is 3.18. The van der Waals surface area contributed by atoms with Crippen molar-refractivity contribution in [3.05, 3.63) is 16.1 Å². The number of hydrogen-bond donors (Lipinski definition) is 3. The molecule has 0 spiro atoms. The first-order valence-corrected chi connectivity index (χ1v) is 7.03. The summed E-state index contributed by atoms with van der Waals surface area (Å²) in [6, 6.07) is 0.248. The van der Waals surface area contributed by atoms with Crippen LogP contribution in [0.15, 0.2) is 6.20 Å². The molecule has 0 atom stereocenters. The molecule has 0 amide bonds.